The molecule has 0 saturated heterocycles. The van der Waals surface area contributed by atoms with E-state index in [1.807, 2.05) is 13.8 Å². The van der Waals surface area contributed by atoms with Gasteiger partial charge in [0.25, 0.3) is 0 Å². The number of rotatable bonds is 4. The van der Waals surface area contributed by atoms with Gasteiger partial charge >= 0.3 is 7.82 Å². The fourth-order valence-electron chi connectivity index (χ4n) is 2.24. The minimum absolute atomic E-state index is 0.0308. The lowest BCUT2D eigenvalue weighted by atomic mass is 10.2. The molecule has 0 aliphatic carbocycles. The summed E-state index contributed by atoms with van der Waals surface area (Å²) in [5.41, 5.74) is 1.98. The molecule has 0 radical (unpaired) electrons. The fourth-order valence-corrected chi connectivity index (χ4v) is 3.68. The van der Waals surface area contributed by atoms with Gasteiger partial charge in [-0.05, 0) is 13.8 Å². The highest BCUT2D eigenvalue weighted by atomic mass is 32.2. The third kappa shape index (κ3) is 3.23. The number of allylic oxidation sites excluding steroid dienone is 1. The molecule has 2 N–H and O–H groups in total. The van der Waals surface area contributed by atoms with E-state index in [0.717, 1.165) is 21.3 Å². The smallest absolute Gasteiger partial charge is 0.319 e. The minimum Gasteiger partial charge on any atom is -0.319 e. The summed E-state index contributed by atoms with van der Waals surface area (Å²) in [5, 5.41) is 0.828. The molecule has 8 nitrogen and oxygen atoms in total. The Kier molecular flexibility index (Phi) is 4.09. The van der Waals surface area contributed by atoms with Crippen molar-refractivity contribution in [2.45, 2.75) is 26.8 Å². The van der Waals surface area contributed by atoms with Gasteiger partial charge in [0.15, 0.2) is 11.0 Å². The number of fused-ring (bicyclic) bond motifs is 2. The largest absolute Gasteiger partial charge is 0.469 e. The van der Waals surface area contributed by atoms with E-state index in [2.05, 4.69) is 24.4 Å². The van der Waals surface area contributed by atoms with Crippen LogP contribution in [-0.4, -0.2) is 36.4 Å². The minimum atomic E-state index is -4.42. The van der Waals surface area contributed by atoms with Gasteiger partial charge in [0.1, 0.15) is 5.82 Å². The zero-order valence-electron chi connectivity index (χ0n) is 12.1. The molecule has 0 amide bonds. The quantitative estimate of drug-likeness (QED) is 0.801. The Hall–Kier alpha value is -1.25. The number of hydrogen-bond donors (Lipinski definition) is 2. The highest BCUT2D eigenvalue weighted by molar-refractivity contribution is 8.17. The van der Waals surface area contributed by atoms with Gasteiger partial charge in [-0.3, -0.25) is 4.52 Å². The summed E-state index contributed by atoms with van der Waals surface area (Å²) in [5.74, 6) is 1.37. The Bertz CT molecular complexity index is 730. The third-order valence-electron chi connectivity index (χ3n) is 3.33. The van der Waals surface area contributed by atoms with Crippen LogP contribution in [0, 0.1) is 6.92 Å². The van der Waals surface area contributed by atoms with E-state index in [1.54, 1.807) is 6.20 Å². The van der Waals surface area contributed by atoms with Gasteiger partial charge in [-0.15, -0.1) is 0 Å². The van der Waals surface area contributed by atoms with E-state index in [0.29, 0.717) is 24.6 Å². The van der Waals surface area contributed by atoms with Crippen molar-refractivity contribution in [3.63, 3.8) is 0 Å². The molecular formula is C12H15N4O4PS. The summed E-state index contributed by atoms with van der Waals surface area (Å²) in [6.07, 6.45) is 2.21. The van der Waals surface area contributed by atoms with Crippen molar-refractivity contribution in [2.24, 2.45) is 4.99 Å². The first kappa shape index (κ1) is 15.6. The predicted octanol–water partition coefficient (Wildman–Crippen LogP) is 2.07. The molecule has 3 heterocycles. The maximum Gasteiger partial charge on any atom is 0.469 e. The van der Waals surface area contributed by atoms with Crippen molar-refractivity contribution in [3.05, 3.63) is 28.2 Å². The Morgan fingerprint density at radius 1 is 1.45 bits per heavy atom. The number of aromatic nitrogens is 2. The molecule has 0 bridgehead atoms. The van der Waals surface area contributed by atoms with Gasteiger partial charge in [0.2, 0.25) is 0 Å². The number of thioether (sulfide) groups is 1. The number of phosphoric ester groups is 1. The summed E-state index contributed by atoms with van der Waals surface area (Å²) in [4.78, 5) is 33.6. The molecule has 1 aromatic heterocycles. The highest BCUT2D eigenvalue weighted by Gasteiger charge is 2.31. The van der Waals surface area contributed by atoms with E-state index < -0.39 is 7.82 Å². The Morgan fingerprint density at radius 3 is 2.95 bits per heavy atom. The Morgan fingerprint density at radius 2 is 2.23 bits per heavy atom. The molecule has 22 heavy (non-hydrogen) atoms. The number of phosphoric acid groups is 1. The topological polar surface area (TPSA) is 108 Å². The van der Waals surface area contributed by atoms with Crippen molar-refractivity contribution < 1.29 is 18.9 Å². The van der Waals surface area contributed by atoms with Crippen LogP contribution in [0.1, 0.15) is 24.7 Å². The van der Waals surface area contributed by atoms with E-state index in [9.17, 15) is 4.57 Å². The van der Waals surface area contributed by atoms with Crippen LogP contribution in [0.3, 0.4) is 0 Å². The van der Waals surface area contributed by atoms with Gasteiger partial charge in [-0.1, -0.05) is 11.8 Å². The first-order chi connectivity index (χ1) is 10.3. The zero-order valence-corrected chi connectivity index (χ0v) is 13.8. The fraction of sp³-hybridized carbons (Fsp3) is 0.417. The number of amidine groups is 1. The van der Waals surface area contributed by atoms with Gasteiger partial charge < -0.3 is 14.7 Å². The number of hydrogen-bond acceptors (Lipinski definition) is 7. The van der Waals surface area contributed by atoms with E-state index >= 15 is 0 Å². The molecule has 2 aliphatic heterocycles. The lowest BCUT2D eigenvalue weighted by molar-refractivity contribution is 0.200. The monoisotopic (exact) mass is 342 g/mol. The molecule has 118 valence electrons. The van der Waals surface area contributed by atoms with Crippen molar-refractivity contribution in [1.29, 1.82) is 0 Å². The lowest BCUT2D eigenvalue weighted by Crippen LogP contribution is -2.25. The zero-order chi connectivity index (χ0) is 15.9. The first-order valence-corrected chi connectivity index (χ1v) is 8.94. The molecule has 0 atom stereocenters. The van der Waals surface area contributed by atoms with Gasteiger partial charge in [0, 0.05) is 28.8 Å². The predicted molar refractivity (Wildman–Crippen MR) is 82.3 cm³/mol. The second-order valence-corrected chi connectivity index (χ2v) is 7.23. The van der Waals surface area contributed by atoms with Crippen LogP contribution in [-0.2, 0) is 15.6 Å². The van der Waals surface area contributed by atoms with Crippen LogP contribution in [0.4, 0.5) is 5.82 Å². The molecule has 2 aliphatic rings. The van der Waals surface area contributed by atoms with Crippen LogP contribution < -0.4 is 0 Å². The average molecular weight is 342 g/mol. The van der Waals surface area contributed by atoms with Crippen molar-refractivity contribution in [2.75, 3.05) is 6.61 Å². The third-order valence-corrected chi connectivity index (χ3v) is 5.09. The van der Waals surface area contributed by atoms with Crippen LogP contribution in [0.2, 0.25) is 0 Å². The molecule has 0 unspecified atom stereocenters. The summed E-state index contributed by atoms with van der Waals surface area (Å²) < 4.78 is 15.2. The summed E-state index contributed by atoms with van der Waals surface area (Å²) in [6.45, 7) is 4.40. The number of aryl methyl sites for hydroxylation is 1. The summed E-state index contributed by atoms with van der Waals surface area (Å²) in [7, 11) is -4.42. The summed E-state index contributed by atoms with van der Waals surface area (Å²) >= 11 is 1.48. The maximum atomic E-state index is 10.7. The second kappa shape index (κ2) is 5.75. The van der Waals surface area contributed by atoms with E-state index in [-0.39, 0.29) is 6.61 Å². The molecule has 0 aromatic carbocycles. The summed E-state index contributed by atoms with van der Waals surface area (Å²) in [6, 6.07) is 0. The maximum absolute atomic E-state index is 10.7. The van der Waals surface area contributed by atoms with Crippen LogP contribution in [0.5, 0.6) is 0 Å². The van der Waals surface area contributed by atoms with Crippen molar-refractivity contribution in [1.82, 2.24) is 14.9 Å². The molecule has 0 spiro atoms. The first-order valence-electron chi connectivity index (χ1n) is 6.60. The second-order valence-electron chi connectivity index (χ2n) is 4.93. The van der Waals surface area contributed by atoms with Gasteiger partial charge in [-0.25, -0.2) is 19.5 Å². The Balaban J connectivity index is 1.75. The van der Waals surface area contributed by atoms with E-state index in [1.165, 1.54) is 11.8 Å². The SMILES string of the molecule is CC1=C(CCOP(=O)(O)O)SC2=Nc3nc(C)ncc3CN21. The molecule has 10 heteroatoms. The Labute approximate surface area is 131 Å². The average Bonchev–Trinajstić information content (AvgIpc) is 2.71. The van der Waals surface area contributed by atoms with Crippen LogP contribution in [0.15, 0.2) is 21.8 Å². The lowest BCUT2D eigenvalue weighted by Gasteiger charge is -2.24. The van der Waals surface area contributed by atoms with Gasteiger partial charge in [-0.2, -0.15) is 0 Å². The normalized spacial score (nSPS) is 17.5. The molecule has 0 fully saturated rings. The van der Waals surface area contributed by atoms with E-state index in [4.69, 9.17) is 9.79 Å². The number of aliphatic imine (C=N–C) groups is 1. The van der Waals surface area contributed by atoms with Crippen molar-refractivity contribution in [3.8, 4) is 0 Å². The molecule has 3 rings (SSSR count). The standard InChI is InChI=1S/C12H15N4O4PS/c1-7-10(3-4-20-21(17,18)19)22-12-15-11-9(6-16(7)12)5-13-8(2)14-11/h5H,3-4,6H2,1-2H3,(H2,17,18,19). The van der Waals surface area contributed by atoms with Crippen LogP contribution in [0.25, 0.3) is 0 Å². The van der Waals surface area contributed by atoms with Gasteiger partial charge in [0.05, 0.1) is 13.2 Å². The molecular weight excluding hydrogens is 327 g/mol. The highest BCUT2D eigenvalue weighted by Crippen LogP contribution is 2.42. The van der Waals surface area contributed by atoms with Crippen molar-refractivity contribution >= 4 is 30.6 Å². The molecule has 0 saturated carbocycles. The van der Waals surface area contributed by atoms with Crippen LogP contribution >= 0.6 is 19.6 Å². The molecule has 1 aromatic rings. The number of nitrogens with zero attached hydrogens (tertiary/aromatic N) is 4.